The Balaban J connectivity index is 1.14. The van der Waals surface area contributed by atoms with Crippen LogP contribution in [0, 0.1) is 30.1 Å². The van der Waals surface area contributed by atoms with Crippen LogP contribution in [0.4, 0.5) is 5.82 Å². The lowest BCUT2D eigenvalue weighted by Gasteiger charge is -2.58. The predicted molar refractivity (Wildman–Crippen MR) is 127 cm³/mol. The molecular weight excluding hydrogens is 412 g/mol. The summed E-state index contributed by atoms with van der Waals surface area (Å²) in [6, 6.07) is 7.74. The fraction of sp³-hybridized carbons (Fsp3) is 0.593. The van der Waals surface area contributed by atoms with Crippen molar-refractivity contribution >= 4 is 11.7 Å². The number of aliphatic hydroxyl groups is 1. The van der Waals surface area contributed by atoms with Gasteiger partial charge in [-0.3, -0.25) is 4.79 Å². The number of nitrogens with one attached hydrogen (secondary N) is 1. The minimum atomic E-state index is -0.334. The second-order valence-electron chi connectivity index (χ2n) is 11.1. The highest BCUT2D eigenvalue weighted by molar-refractivity contribution is 5.95. The maximum absolute atomic E-state index is 13.1. The van der Waals surface area contributed by atoms with Crippen molar-refractivity contribution in [2.24, 2.45) is 23.2 Å². The largest absolute Gasteiger partial charge is 0.391 e. The van der Waals surface area contributed by atoms with Crippen LogP contribution in [0.2, 0.25) is 0 Å². The quantitative estimate of drug-likeness (QED) is 0.727. The van der Waals surface area contributed by atoms with E-state index in [1.165, 1.54) is 38.5 Å². The van der Waals surface area contributed by atoms with E-state index in [1.54, 1.807) is 6.33 Å². The van der Waals surface area contributed by atoms with E-state index in [9.17, 15) is 9.90 Å². The number of aliphatic hydroxyl groups excluding tert-OH is 1. The summed E-state index contributed by atoms with van der Waals surface area (Å²) in [6.45, 7) is 3.67. The number of fused-ring (bicyclic) bond motifs is 1. The molecule has 1 aliphatic heterocycles. The van der Waals surface area contributed by atoms with E-state index in [0.717, 1.165) is 52.4 Å². The molecule has 1 aromatic heterocycles. The van der Waals surface area contributed by atoms with E-state index >= 15 is 0 Å². The Kier molecular flexibility index (Phi) is 5.17. The lowest BCUT2D eigenvalue weighted by Crippen LogP contribution is -2.53. The van der Waals surface area contributed by atoms with Crippen molar-refractivity contribution in [1.29, 1.82) is 0 Å². The summed E-state index contributed by atoms with van der Waals surface area (Å²) in [5.41, 5.74) is 3.85. The summed E-state index contributed by atoms with van der Waals surface area (Å²) in [7, 11) is 0. The molecule has 6 nitrogen and oxygen atoms in total. The van der Waals surface area contributed by atoms with Gasteiger partial charge in [0.15, 0.2) is 0 Å². The van der Waals surface area contributed by atoms with Gasteiger partial charge in [0.2, 0.25) is 0 Å². The van der Waals surface area contributed by atoms with E-state index in [2.05, 4.69) is 15.3 Å². The summed E-state index contributed by atoms with van der Waals surface area (Å²) in [6.07, 6.45) is 9.71. The Labute approximate surface area is 195 Å². The second kappa shape index (κ2) is 8.08. The highest BCUT2D eigenvalue weighted by Crippen LogP contribution is 2.61. The number of aromatic nitrogens is 2. The van der Waals surface area contributed by atoms with Crippen LogP contribution in [-0.4, -0.2) is 45.1 Å². The molecule has 1 aromatic carbocycles. The number of amides is 1. The van der Waals surface area contributed by atoms with Gasteiger partial charge in [-0.2, -0.15) is 0 Å². The SMILES string of the molecule is Cc1ccccc1C(=O)N1CCc2c(ncnc2NCC(O)C23CC4CC(CC(C4)C2)C3)C1. The topological polar surface area (TPSA) is 78.4 Å². The minimum Gasteiger partial charge on any atom is -0.391 e. The van der Waals surface area contributed by atoms with Crippen molar-refractivity contribution in [2.75, 3.05) is 18.4 Å². The van der Waals surface area contributed by atoms with Gasteiger partial charge < -0.3 is 15.3 Å². The molecule has 0 spiro atoms. The monoisotopic (exact) mass is 446 g/mol. The van der Waals surface area contributed by atoms with Gasteiger partial charge in [0.1, 0.15) is 12.1 Å². The zero-order valence-electron chi connectivity index (χ0n) is 19.5. The van der Waals surface area contributed by atoms with Crippen LogP contribution in [0.25, 0.3) is 0 Å². The van der Waals surface area contributed by atoms with Crippen molar-refractivity contribution in [3.63, 3.8) is 0 Å². The zero-order chi connectivity index (χ0) is 22.6. The minimum absolute atomic E-state index is 0.0594. The Morgan fingerprint density at radius 2 is 1.85 bits per heavy atom. The fourth-order valence-electron chi connectivity index (χ4n) is 7.66. The zero-order valence-corrected chi connectivity index (χ0v) is 19.5. The number of aryl methyl sites for hydroxylation is 1. The van der Waals surface area contributed by atoms with E-state index in [-0.39, 0.29) is 17.4 Å². The first-order valence-electron chi connectivity index (χ1n) is 12.6. The molecule has 4 fully saturated rings. The molecule has 2 aromatic rings. The second-order valence-corrected chi connectivity index (χ2v) is 11.1. The maximum Gasteiger partial charge on any atom is 0.254 e. The molecule has 1 unspecified atom stereocenters. The maximum atomic E-state index is 13.1. The van der Waals surface area contributed by atoms with Gasteiger partial charge in [-0.1, -0.05) is 18.2 Å². The van der Waals surface area contributed by atoms with Gasteiger partial charge in [-0.15, -0.1) is 0 Å². The van der Waals surface area contributed by atoms with E-state index in [0.29, 0.717) is 19.6 Å². The van der Waals surface area contributed by atoms with Gasteiger partial charge in [0.25, 0.3) is 5.91 Å². The summed E-state index contributed by atoms with van der Waals surface area (Å²) in [5.74, 6) is 3.37. The van der Waals surface area contributed by atoms with Crippen LogP contribution in [0.5, 0.6) is 0 Å². The molecule has 0 saturated heterocycles. The molecule has 174 valence electrons. The van der Waals surface area contributed by atoms with Crippen LogP contribution < -0.4 is 5.32 Å². The number of rotatable bonds is 5. The Morgan fingerprint density at radius 3 is 2.55 bits per heavy atom. The third kappa shape index (κ3) is 3.72. The van der Waals surface area contributed by atoms with Crippen molar-refractivity contribution in [2.45, 2.75) is 64.5 Å². The number of nitrogens with zero attached hydrogens (tertiary/aromatic N) is 3. The third-order valence-electron chi connectivity index (χ3n) is 8.92. The number of hydrogen-bond acceptors (Lipinski definition) is 5. The molecule has 4 bridgehead atoms. The molecule has 7 rings (SSSR count). The van der Waals surface area contributed by atoms with Gasteiger partial charge in [0, 0.05) is 24.2 Å². The molecular formula is C27H34N4O2. The molecule has 6 heteroatoms. The summed E-state index contributed by atoms with van der Waals surface area (Å²) in [5, 5.41) is 14.8. The summed E-state index contributed by atoms with van der Waals surface area (Å²) < 4.78 is 0. The van der Waals surface area contributed by atoms with Crippen molar-refractivity contribution in [3.05, 3.63) is 53.0 Å². The van der Waals surface area contributed by atoms with Crippen LogP contribution in [-0.2, 0) is 13.0 Å². The first-order chi connectivity index (χ1) is 16.0. The molecule has 0 radical (unpaired) electrons. The van der Waals surface area contributed by atoms with E-state index in [1.807, 2.05) is 36.1 Å². The van der Waals surface area contributed by atoms with Crippen molar-refractivity contribution in [1.82, 2.24) is 14.9 Å². The van der Waals surface area contributed by atoms with Gasteiger partial charge in [0.05, 0.1) is 18.3 Å². The molecule has 2 heterocycles. The first-order valence-corrected chi connectivity index (χ1v) is 12.6. The summed E-state index contributed by atoms with van der Waals surface area (Å²) >= 11 is 0. The van der Waals surface area contributed by atoms with Crippen LogP contribution >= 0.6 is 0 Å². The molecule has 4 aliphatic carbocycles. The highest BCUT2D eigenvalue weighted by Gasteiger charge is 2.53. The normalized spacial score (nSPS) is 30.7. The predicted octanol–water partition coefficient (Wildman–Crippen LogP) is 3.97. The van der Waals surface area contributed by atoms with E-state index in [4.69, 9.17) is 0 Å². The van der Waals surface area contributed by atoms with Gasteiger partial charge >= 0.3 is 0 Å². The Morgan fingerprint density at radius 1 is 1.15 bits per heavy atom. The lowest BCUT2D eigenvalue weighted by atomic mass is 9.48. The molecule has 1 atom stereocenters. The smallest absolute Gasteiger partial charge is 0.254 e. The highest BCUT2D eigenvalue weighted by atomic mass is 16.3. The van der Waals surface area contributed by atoms with Crippen LogP contribution in [0.1, 0.15) is 65.7 Å². The van der Waals surface area contributed by atoms with Gasteiger partial charge in [-0.25, -0.2) is 9.97 Å². The Bertz CT molecular complexity index is 1030. The van der Waals surface area contributed by atoms with Crippen LogP contribution in [0.15, 0.2) is 30.6 Å². The summed E-state index contributed by atoms with van der Waals surface area (Å²) in [4.78, 5) is 24.0. The average molecular weight is 447 g/mol. The van der Waals surface area contributed by atoms with E-state index < -0.39 is 0 Å². The molecule has 33 heavy (non-hydrogen) atoms. The molecule has 2 N–H and O–H groups in total. The lowest BCUT2D eigenvalue weighted by molar-refractivity contribution is -0.115. The molecule has 1 amide bonds. The van der Waals surface area contributed by atoms with Crippen molar-refractivity contribution in [3.8, 4) is 0 Å². The number of carbonyl (C=O) groups is 1. The number of anilines is 1. The number of carbonyl (C=O) groups excluding carboxylic acids is 1. The fourth-order valence-corrected chi connectivity index (χ4v) is 7.66. The van der Waals surface area contributed by atoms with Crippen LogP contribution in [0.3, 0.4) is 0 Å². The molecule has 4 saturated carbocycles. The standard InChI is InChI=1S/C27H34N4O2/c1-17-4-2-3-5-21(17)26(33)31-7-6-22-23(15-31)29-16-30-25(22)28-14-24(32)27-11-18-8-19(12-27)10-20(9-18)13-27/h2-5,16,18-20,24,32H,6-15H2,1H3,(H,28,29,30). The van der Waals surface area contributed by atoms with Gasteiger partial charge in [-0.05, 0) is 86.7 Å². The Hall–Kier alpha value is -2.47. The van der Waals surface area contributed by atoms with Crippen molar-refractivity contribution < 1.29 is 9.90 Å². The molecule has 5 aliphatic rings. The third-order valence-corrected chi connectivity index (χ3v) is 8.92. The first kappa shape index (κ1) is 21.1. The average Bonchev–Trinajstić information content (AvgIpc) is 2.81. The number of benzene rings is 1. The number of hydrogen-bond donors (Lipinski definition) is 2.